The zero-order valence-corrected chi connectivity index (χ0v) is 12.8. The zero-order valence-electron chi connectivity index (χ0n) is 12.1. The van der Waals surface area contributed by atoms with Gasteiger partial charge in [-0.1, -0.05) is 18.0 Å². The van der Waals surface area contributed by atoms with Crippen molar-refractivity contribution < 1.29 is 14.6 Å². The Morgan fingerprint density at radius 2 is 2.29 bits per heavy atom. The number of ether oxygens (including phenoxy) is 1. The fourth-order valence-electron chi connectivity index (χ4n) is 2.73. The second kappa shape index (κ2) is 7.52. The van der Waals surface area contributed by atoms with Crippen molar-refractivity contribution in [3.63, 3.8) is 0 Å². The molecule has 3 N–H and O–H groups in total. The summed E-state index contributed by atoms with van der Waals surface area (Å²) >= 11 is 5.95. The molecule has 5 nitrogen and oxygen atoms in total. The summed E-state index contributed by atoms with van der Waals surface area (Å²) in [5.74, 6) is 0.852. The first-order valence-corrected chi connectivity index (χ1v) is 7.49. The smallest absolute Gasteiger partial charge is 0.315 e. The molecule has 1 aliphatic carbocycles. The predicted octanol–water partition coefficient (Wildman–Crippen LogP) is 2.31. The molecule has 116 valence electrons. The Hall–Kier alpha value is -1.46. The minimum absolute atomic E-state index is 0.0521. The molecule has 1 aromatic carbocycles. The molecule has 6 heteroatoms. The highest BCUT2D eigenvalue weighted by atomic mass is 35.5. The number of aliphatic hydroxyl groups excluding tert-OH is 1. The summed E-state index contributed by atoms with van der Waals surface area (Å²) in [5.41, 5.74) is 0.824. The fraction of sp³-hybridized carbons (Fsp3) is 0.533. The number of aliphatic hydroxyl groups is 1. The van der Waals surface area contributed by atoms with Crippen molar-refractivity contribution in [1.82, 2.24) is 10.6 Å². The number of hydrogen-bond acceptors (Lipinski definition) is 3. The van der Waals surface area contributed by atoms with Crippen LogP contribution in [0.3, 0.4) is 0 Å². The van der Waals surface area contributed by atoms with Crippen LogP contribution in [0.4, 0.5) is 4.79 Å². The van der Waals surface area contributed by atoms with E-state index in [9.17, 15) is 9.90 Å². The van der Waals surface area contributed by atoms with Crippen LogP contribution in [0.5, 0.6) is 5.75 Å². The van der Waals surface area contributed by atoms with Gasteiger partial charge in [-0.15, -0.1) is 0 Å². The van der Waals surface area contributed by atoms with E-state index in [1.807, 2.05) is 0 Å². The minimum atomic E-state index is -0.234. The van der Waals surface area contributed by atoms with Gasteiger partial charge in [0, 0.05) is 35.7 Å². The first-order valence-electron chi connectivity index (χ1n) is 7.11. The number of rotatable bonds is 5. The maximum Gasteiger partial charge on any atom is 0.315 e. The van der Waals surface area contributed by atoms with Gasteiger partial charge in [0.25, 0.3) is 0 Å². The van der Waals surface area contributed by atoms with Crippen LogP contribution >= 0.6 is 11.6 Å². The summed E-state index contributed by atoms with van der Waals surface area (Å²) in [6.07, 6.45) is 2.92. The maximum atomic E-state index is 11.9. The molecule has 0 radical (unpaired) electrons. The molecule has 2 rings (SSSR count). The number of carbonyl (C=O) groups is 1. The number of benzene rings is 1. The zero-order chi connectivity index (χ0) is 15.2. The highest BCUT2D eigenvalue weighted by Crippen LogP contribution is 2.25. The van der Waals surface area contributed by atoms with Crippen LogP contribution < -0.4 is 15.4 Å². The van der Waals surface area contributed by atoms with Crippen molar-refractivity contribution in [2.24, 2.45) is 5.92 Å². The van der Waals surface area contributed by atoms with E-state index in [0.29, 0.717) is 17.3 Å². The second-order valence-electron chi connectivity index (χ2n) is 5.26. The van der Waals surface area contributed by atoms with Crippen LogP contribution in [0.2, 0.25) is 5.02 Å². The molecule has 2 amide bonds. The molecule has 21 heavy (non-hydrogen) atoms. The average molecular weight is 313 g/mol. The lowest BCUT2D eigenvalue weighted by Crippen LogP contribution is -2.44. The molecular weight excluding hydrogens is 292 g/mol. The summed E-state index contributed by atoms with van der Waals surface area (Å²) in [7, 11) is 1.58. The average Bonchev–Trinajstić information content (AvgIpc) is 2.92. The predicted molar refractivity (Wildman–Crippen MR) is 81.6 cm³/mol. The van der Waals surface area contributed by atoms with Gasteiger partial charge < -0.3 is 20.5 Å². The monoisotopic (exact) mass is 312 g/mol. The third-order valence-corrected chi connectivity index (χ3v) is 4.13. The Labute approximate surface area is 129 Å². The van der Waals surface area contributed by atoms with Crippen LogP contribution in [-0.4, -0.2) is 30.9 Å². The number of amides is 2. The van der Waals surface area contributed by atoms with Crippen molar-refractivity contribution in [3.8, 4) is 5.75 Å². The van der Waals surface area contributed by atoms with Crippen LogP contribution in [0.15, 0.2) is 18.2 Å². The van der Waals surface area contributed by atoms with E-state index < -0.39 is 0 Å². The molecule has 1 fully saturated rings. The Kier molecular flexibility index (Phi) is 5.70. The van der Waals surface area contributed by atoms with Crippen molar-refractivity contribution in [1.29, 1.82) is 0 Å². The summed E-state index contributed by atoms with van der Waals surface area (Å²) in [4.78, 5) is 11.9. The van der Waals surface area contributed by atoms with Gasteiger partial charge in [-0.05, 0) is 31.0 Å². The molecule has 1 saturated carbocycles. The first kappa shape index (κ1) is 15.9. The van der Waals surface area contributed by atoms with Crippen LogP contribution in [-0.2, 0) is 6.54 Å². The second-order valence-corrected chi connectivity index (χ2v) is 5.70. The van der Waals surface area contributed by atoms with E-state index >= 15 is 0 Å². The van der Waals surface area contributed by atoms with E-state index in [4.69, 9.17) is 16.3 Å². The van der Waals surface area contributed by atoms with Gasteiger partial charge in [0.15, 0.2) is 0 Å². The summed E-state index contributed by atoms with van der Waals surface area (Å²) in [5, 5.41) is 15.6. The van der Waals surface area contributed by atoms with E-state index in [-0.39, 0.29) is 24.6 Å². The lowest BCUT2D eigenvalue weighted by atomic mass is 10.1. The SMILES string of the molecule is COc1ccc(Cl)cc1CNC(=O)N[C@H]1CCC[C@H]1CO. The standard InChI is InChI=1S/C15H21ClN2O3/c1-21-14-6-5-12(16)7-11(14)8-17-15(20)18-13-4-2-3-10(13)9-19/h5-7,10,13,19H,2-4,8-9H2,1H3,(H2,17,18,20)/t10-,13-/m0/s1. The summed E-state index contributed by atoms with van der Waals surface area (Å²) < 4.78 is 5.24. The fourth-order valence-corrected chi connectivity index (χ4v) is 2.92. The molecule has 0 aliphatic heterocycles. The molecule has 0 unspecified atom stereocenters. The lowest BCUT2D eigenvalue weighted by Gasteiger charge is -2.19. The van der Waals surface area contributed by atoms with Crippen molar-refractivity contribution >= 4 is 17.6 Å². The maximum absolute atomic E-state index is 11.9. The molecular formula is C15H21ClN2O3. The minimum Gasteiger partial charge on any atom is -0.496 e. The molecule has 0 bridgehead atoms. The van der Waals surface area contributed by atoms with Crippen molar-refractivity contribution in [3.05, 3.63) is 28.8 Å². The Morgan fingerprint density at radius 1 is 1.48 bits per heavy atom. The van der Waals surface area contributed by atoms with Gasteiger partial charge in [0.1, 0.15) is 5.75 Å². The van der Waals surface area contributed by atoms with E-state index in [0.717, 1.165) is 24.8 Å². The van der Waals surface area contributed by atoms with Crippen LogP contribution in [0, 0.1) is 5.92 Å². The largest absolute Gasteiger partial charge is 0.496 e. The van der Waals surface area contributed by atoms with E-state index in [2.05, 4.69) is 10.6 Å². The molecule has 0 aromatic heterocycles. The normalized spacial score (nSPS) is 21.1. The van der Waals surface area contributed by atoms with Gasteiger partial charge in [-0.2, -0.15) is 0 Å². The van der Waals surface area contributed by atoms with Crippen molar-refractivity contribution in [2.45, 2.75) is 31.8 Å². The number of halogens is 1. The van der Waals surface area contributed by atoms with Gasteiger partial charge in [-0.3, -0.25) is 0 Å². The lowest BCUT2D eigenvalue weighted by molar-refractivity contribution is 0.199. The third kappa shape index (κ3) is 4.25. The molecule has 0 heterocycles. The molecule has 0 spiro atoms. The molecule has 0 saturated heterocycles. The van der Waals surface area contributed by atoms with Crippen LogP contribution in [0.25, 0.3) is 0 Å². The Morgan fingerprint density at radius 3 is 3.00 bits per heavy atom. The van der Waals surface area contributed by atoms with Gasteiger partial charge >= 0.3 is 6.03 Å². The number of urea groups is 1. The number of nitrogens with one attached hydrogen (secondary N) is 2. The van der Waals surface area contributed by atoms with E-state index in [1.54, 1.807) is 25.3 Å². The quantitative estimate of drug-likeness (QED) is 0.781. The van der Waals surface area contributed by atoms with Gasteiger partial charge in [0.05, 0.1) is 7.11 Å². The Bertz CT molecular complexity index is 496. The number of methoxy groups -OCH3 is 1. The molecule has 1 aromatic rings. The van der Waals surface area contributed by atoms with Gasteiger partial charge in [0.2, 0.25) is 0 Å². The van der Waals surface area contributed by atoms with Crippen LogP contribution in [0.1, 0.15) is 24.8 Å². The highest BCUT2D eigenvalue weighted by Gasteiger charge is 2.27. The van der Waals surface area contributed by atoms with Gasteiger partial charge in [-0.25, -0.2) is 4.79 Å². The molecule has 2 atom stereocenters. The van der Waals surface area contributed by atoms with E-state index in [1.165, 1.54) is 0 Å². The third-order valence-electron chi connectivity index (χ3n) is 3.89. The summed E-state index contributed by atoms with van der Waals surface area (Å²) in [6, 6.07) is 5.11. The summed E-state index contributed by atoms with van der Waals surface area (Å²) in [6.45, 7) is 0.457. The molecule has 1 aliphatic rings. The van der Waals surface area contributed by atoms with Crippen molar-refractivity contribution in [2.75, 3.05) is 13.7 Å². The Balaban J connectivity index is 1.88. The number of hydrogen-bond donors (Lipinski definition) is 3. The highest BCUT2D eigenvalue weighted by molar-refractivity contribution is 6.30. The number of carbonyl (C=O) groups excluding carboxylic acids is 1. The first-order chi connectivity index (χ1) is 10.1. The topological polar surface area (TPSA) is 70.6 Å².